The first-order valence-electron chi connectivity index (χ1n) is 6.47. The third-order valence-electron chi connectivity index (χ3n) is 3.92. The molecule has 2 aromatic rings. The lowest BCUT2D eigenvalue weighted by molar-refractivity contribution is -0.156. The minimum atomic E-state index is -0.796. The molecule has 21 heavy (non-hydrogen) atoms. The van der Waals surface area contributed by atoms with Crippen LogP contribution in [0.1, 0.15) is 19.3 Å². The average Bonchev–Trinajstić information content (AvgIpc) is 2.84. The van der Waals surface area contributed by atoms with Crippen LogP contribution < -0.4 is 0 Å². The van der Waals surface area contributed by atoms with E-state index in [1.807, 2.05) is 12.1 Å². The van der Waals surface area contributed by atoms with Gasteiger partial charge in [0.1, 0.15) is 0 Å². The van der Waals surface area contributed by atoms with Gasteiger partial charge < -0.3 is 5.11 Å². The lowest BCUT2D eigenvalue weighted by Gasteiger charge is -2.37. The van der Waals surface area contributed by atoms with E-state index in [0.29, 0.717) is 29.3 Å². The number of rotatable bonds is 4. The van der Waals surface area contributed by atoms with Crippen LogP contribution in [0.15, 0.2) is 22.7 Å². The number of carboxylic acids is 1. The molecule has 3 rings (SSSR count). The highest BCUT2D eigenvalue weighted by Crippen LogP contribution is 2.43. The van der Waals surface area contributed by atoms with Crippen molar-refractivity contribution in [2.75, 3.05) is 0 Å². The fraction of sp³-hybridized carbons (Fsp3) is 0.385. The maximum atomic E-state index is 11.5. The van der Waals surface area contributed by atoms with Crippen LogP contribution in [0.25, 0.3) is 11.4 Å². The second-order valence-electron chi connectivity index (χ2n) is 5.22. The van der Waals surface area contributed by atoms with E-state index in [1.54, 1.807) is 6.07 Å². The van der Waals surface area contributed by atoms with E-state index in [9.17, 15) is 9.90 Å². The smallest absolute Gasteiger partial charge is 0.311 e. The predicted octanol–water partition coefficient (Wildman–Crippen LogP) is 3.01. The minimum absolute atomic E-state index is 0.257. The van der Waals surface area contributed by atoms with Gasteiger partial charge in [-0.05, 0) is 41.5 Å². The fourth-order valence-electron chi connectivity index (χ4n) is 2.50. The second kappa shape index (κ2) is 5.38. The van der Waals surface area contributed by atoms with Crippen LogP contribution in [-0.2, 0) is 11.3 Å². The Hall–Kier alpha value is -1.47. The van der Waals surface area contributed by atoms with Gasteiger partial charge in [-0.3, -0.25) is 4.79 Å². The van der Waals surface area contributed by atoms with E-state index in [1.165, 1.54) is 4.68 Å². The van der Waals surface area contributed by atoms with Gasteiger partial charge in [-0.2, -0.15) is 0 Å². The molecule has 1 aliphatic carbocycles. The first-order valence-corrected chi connectivity index (χ1v) is 7.64. The number of hydrogen-bond acceptors (Lipinski definition) is 4. The normalized spacial score (nSPS) is 16.5. The lowest BCUT2D eigenvalue weighted by atomic mass is 9.69. The lowest BCUT2D eigenvalue weighted by Crippen LogP contribution is -2.42. The zero-order chi connectivity index (χ0) is 15.0. The molecule has 0 atom stereocenters. The zero-order valence-electron chi connectivity index (χ0n) is 11.0. The summed E-state index contributed by atoms with van der Waals surface area (Å²) in [6, 6.07) is 5.39. The maximum Gasteiger partial charge on any atom is 0.311 e. The third kappa shape index (κ3) is 2.55. The van der Waals surface area contributed by atoms with Crippen LogP contribution in [0, 0.1) is 5.41 Å². The van der Waals surface area contributed by atoms with E-state index >= 15 is 0 Å². The molecule has 0 amide bonds. The Kier molecular flexibility index (Phi) is 3.71. The molecule has 0 bridgehead atoms. The van der Waals surface area contributed by atoms with E-state index in [4.69, 9.17) is 11.6 Å². The van der Waals surface area contributed by atoms with Crippen molar-refractivity contribution in [3.8, 4) is 11.4 Å². The van der Waals surface area contributed by atoms with Crippen molar-refractivity contribution >= 4 is 33.5 Å². The average molecular weight is 372 g/mol. The van der Waals surface area contributed by atoms with Gasteiger partial charge in [0.25, 0.3) is 0 Å². The van der Waals surface area contributed by atoms with Gasteiger partial charge in [0.15, 0.2) is 5.82 Å². The molecule has 0 saturated heterocycles. The molecule has 0 radical (unpaired) electrons. The number of aromatic nitrogens is 4. The highest BCUT2D eigenvalue weighted by atomic mass is 79.9. The predicted molar refractivity (Wildman–Crippen MR) is 79.9 cm³/mol. The van der Waals surface area contributed by atoms with Gasteiger partial charge in [-0.15, -0.1) is 5.10 Å². The number of hydrogen-bond donors (Lipinski definition) is 1. The van der Waals surface area contributed by atoms with Crippen molar-refractivity contribution in [1.29, 1.82) is 0 Å². The molecule has 1 N–H and O–H groups in total. The molecule has 1 aromatic heterocycles. The van der Waals surface area contributed by atoms with Crippen LogP contribution in [0.4, 0.5) is 0 Å². The first kappa shape index (κ1) is 14.5. The molecule has 6 nitrogen and oxygen atoms in total. The Bertz CT molecular complexity index is 699. The van der Waals surface area contributed by atoms with Gasteiger partial charge in [0.05, 0.1) is 17.0 Å². The molecule has 1 aliphatic rings. The Balaban J connectivity index is 1.98. The number of halogens is 2. The number of aliphatic carboxylic acids is 1. The van der Waals surface area contributed by atoms with E-state index in [0.717, 1.165) is 10.9 Å². The number of carbonyl (C=O) groups is 1. The second-order valence-corrected chi connectivity index (χ2v) is 6.55. The van der Waals surface area contributed by atoms with Crippen molar-refractivity contribution in [3.63, 3.8) is 0 Å². The summed E-state index contributed by atoms with van der Waals surface area (Å²) in [4.78, 5) is 11.5. The standard InChI is InChI=1S/C13H12BrClN4O2/c14-8-2-3-10(15)9(6-8)11-16-17-18-19(11)7-13(12(20)21)4-1-5-13/h2-3,6H,1,4-5,7H2,(H,20,21). The molecular formula is C13H12BrClN4O2. The van der Waals surface area contributed by atoms with Gasteiger partial charge >= 0.3 is 5.97 Å². The summed E-state index contributed by atoms with van der Waals surface area (Å²) in [7, 11) is 0. The number of carboxylic acid groups (broad SMARTS) is 1. The fourth-order valence-corrected chi connectivity index (χ4v) is 3.07. The van der Waals surface area contributed by atoms with Crippen LogP contribution >= 0.6 is 27.5 Å². The van der Waals surface area contributed by atoms with Gasteiger partial charge in [-0.1, -0.05) is 34.0 Å². The Labute approximate surface area is 134 Å². The molecule has 0 aliphatic heterocycles. The van der Waals surface area contributed by atoms with E-state index < -0.39 is 11.4 Å². The van der Waals surface area contributed by atoms with Crippen molar-refractivity contribution in [3.05, 3.63) is 27.7 Å². The summed E-state index contributed by atoms with van der Waals surface area (Å²) in [6.45, 7) is 0.257. The van der Waals surface area contributed by atoms with Gasteiger partial charge in [0.2, 0.25) is 0 Å². The number of benzene rings is 1. The quantitative estimate of drug-likeness (QED) is 0.893. The van der Waals surface area contributed by atoms with Crippen molar-refractivity contribution < 1.29 is 9.90 Å². The molecule has 1 saturated carbocycles. The molecular weight excluding hydrogens is 360 g/mol. The molecule has 0 unspecified atom stereocenters. The highest BCUT2D eigenvalue weighted by Gasteiger charge is 2.45. The number of tetrazole rings is 1. The summed E-state index contributed by atoms with van der Waals surface area (Å²) in [6.07, 6.45) is 2.21. The van der Waals surface area contributed by atoms with Crippen LogP contribution in [0.2, 0.25) is 5.02 Å². The summed E-state index contributed by atoms with van der Waals surface area (Å²) < 4.78 is 2.38. The van der Waals surface area contributed by atoms with Crippen molar-refractivity contribution in [2.24, 2.45) is 5.41 Å². The monoisotopic (exact) mass is 370 g/mol. The van der Waals surface area contributed by atoms with E-state index in [2.05, 4.69) is 31.5 Å². The highest BCUT2D eigenvalue weighted by molar-refractivity contribution is 9.10. The first-order chi connectivity index (χ1) is 10.0. The summed E-state index contributed by atoms with van der Waals surface area (Å²) in [5.74, 6) is -0.315. The van der Waals surface area contributed by atoms with Crippen LogP contribution in [0.5, 0.6) is 0 Å². The van der Waals surface area contributed by atoms with Crippen molar-refractivity contribution in [1.82, 2.24) is 20.2 Å². The summed E-state index contributed by atoms with van der Waals surface area (Å²) in [5.41, 5.74) is -0.0845. The van der Waals surface area contributed by atoms with Crippen molar-refractivity contribution in [2.45, 2.75) is 25.8 Å². The third-order valence-corrected chi connectivity index (χ3v) is 4.74. The molecule has 110 valence electrons. The number of nitrogens with zero attached hydrogens (tertiary/aromatic N) is 4. The molecule has 1 fully saturated rings. The van der Waals surface area contributed by atoms with Gasteiger partial charge in [0, 0.05) is 10.0 Å². The van der Waals surface area contributed by atoms with Crippen LogP contribution in [0.3, 0.4) is 0 Å². The minimum Gasteiger partial charge on any atom is -0.481 e. The molecule has 1 heterocycles. The maximum absolute atomic E-state index is 11.5. The Morgan fingerprint density at radius 1 is 1.48 bits per heavy atom. The van der Waals surface area contributed by atoms with Gasteiger partial charge in [-0.25, -0.2) is 4.68 Å². The summed E-state index contributed by atoms with van der Waals surface area (Å²) >= 11 is 9.58. The Morgan fingerprint density at radius 3 is 2.86 bits per heavy atom. The molecule has 8 heteroatoms. The zero-order valence-corrected chi connectivity index (χ0v) is 13.3. The Morgan fingerprint density at radius 2 is 2.24 bits per heavy atom. The molecule has 1 aromatic carbocycles. The topological polar surface area (TPSA) is 80.9 Å². The summed E-state index contributed by atoms with van der Waals surface area (Å²) in [5, 5.41) is 21.5. The van der Waals surface area contributed by atoms with Crippen LogP contribution in [-0.4, -0.2) is 31.3 Å². The SMILES string of the molecule is O=C(O)C1(Cn2nnnc2-c2cc(Br)ccc2Cl)CCC1. The van der Waals surface area contributed by atoms with E-state index in [-0.39, 0.29) is 6.54 Å². The largest absolute Gasteiger partial charge is 0.481 e. The molecule has 0 spiro atoms.